The van der Waals surface area contributed by atoms with Gasteiger partial charge in [-0.3, -0.25) is 4.99 Å². The molecular formula is C14H27N3O. The maximum atomic E-state index is 5.03. The zero-order chi connectivity index (χ0) is 13.1. The molecule has 1 aliphatic rings. The number of ether oxygens (including phenoxy) is 1. The van der Waals surface area contributed by atoms with Crippen LogP contribution in [0.25, 0.3) is 0 Å². The van der Waals surface area contributed by atoms with Crippen molar-refractivity contribution in [2.24, 2.45) is 4.99 Å². The number of hydrogen-bond donors (Lipinski definition) is 2. The van der Waals surface area contributed by atoms with Crippen LogP contribution in [-0.4, -0.2) is 38.8 Å². The van der Waals surface area contributed by atoms with Gasteiger partial charge in [-0.25, -0.2) is 0 Å². The molecule has 4 heteroatoms. The second-order valence-electron chi connectivity index (χ2n) is 4.60. The first-order valence-electron chi connectivity index (χ1n) is 7.05. The molecule has 4 nitrogen and oxygen atoms in total. The molecule has 0 spiro atoms. The van der Waals surface area contributed by atoms with Crippen molar-refractivity contribution in [3.8, 4) is 0 Å². The van der Waals surface area contributed by atoms with Crippen LogP contribution >= 0.6 is 0 Å². The molecule has 0 aromatic rings. The van der Waals surface area contributed by atoms with Crippen molar-refractivity contribution in [3.05, 3.63) is 12.2 Å². The summed E-state index contributed by atoms with van der Waals surface area (Å²) in [6, 6.07) is 0.524. The van der Waals surface area contributed by atoms with Gasteiger partial charge in [-0.2, -0.15) is 0 Å². The summed E-state index contributed by atoms with van der Waals surface area (Å²) < 4.78 is 5.03. The van der Waals surface area contributed by atoms with Crippen LogP contribution in [0.2, 0.25) is 0 Å². The highest BCUT2D eigenvalue weighted by atomic mass is 16.5. The van der Waals surface area contributed by atoms with Gasteiger partial charge in [-0.1, -0.05) is 12.2 Å². The summed E-state index contributed by atoms with van der Waals surface area (Å²) >= 11 is 0. The molecule has 1 aliphatic carbocycles. The fraction of sp³-hybridized carbons (Fsp3) is 0.786. The van der Waals surface area contributed by atoms with E-state index in [2.05, 4.69) is 34.7 Å². The average molecular weight is 253 g/mol. The third-order valence-electron chi connectivity index (χ3n) is 2.97. The van der Waals surface area contributed by atoms with E-state index in [-0.39, 0.29) is 0 Å². The Morgan fingerprint density at radius 1 is 1.28 bits per heavy atom. The number of rotatable bonds is 8. The Labute approximate surface area is 111 Å². The third kappa shape index (κ3) is 6.64. The first-order valence-corrected chi connectivity index (χ1v) is 7.05. The van der Waals surface area contributed by atoms with Crippen molar-refractivity contribution < 1.29 is 4.74 Å². The highest BCUT2D eigenvalue weighted by Crippen LogP contribution is 2.08. The standard InChI is InChI=1S/C14H27N3O/c1-3-15-14(17-13-9-5-6-10-13)16-11-7-4-8-12-18-2/h5-6,13H,3-4,7-12H2,1-2H3,(H2,15,16,17). The second kappa shape index (κ2) is 9.95. The van der Waals surface area contributed by atoms with E-state index in [1.807, 2.05) is 0 Å². The van der Waals surface area contributed by atoms with Gasteiger partial charge in [0.1, 0.15) is 0 Å². The Morgan fingerprint density at radius 2 is 2.06 bits per heavy atom. The Kier molecular flexibility index (Phi) is 8.30. The van der Waals surface area contributed by atoms with Gasteiger partial charge >= 0.3 is 0 Å². The second-order valence-corrected chi connectivity index (χ2v) is 4.60. The van der Waals surface area contributed by atoms with Crippen LogP contribution in [0.5, 0.6) is 0 Å². The van der Waals surface area contributed by atoms with E-state index in [9.17, 15) is 0 Å². The minimum atomic E-state index is 0.524. The van der Waals surface area contributed by atoms with Crippen molar-refractivity contribution in [2.45, 2.75) is 45.1 Å². The summed E-state index contributed by atoms with van der Waals surface area (Å²) in [6.45, 7) is 4.76. The predicted molar refractivity (Wildman–Crippen MR) is 77.0 cm³/mol. The summed E-state index contributed by atoms with van der Waals surface area (Å²) in [5.74, 6) is 0.956. The van der Waals surface area contributed by atoms with Crippen molar-refractivity contribution >= 4 is 5.96 Å². The zero-order valence-corrected chi connectivity index (χ0v) is 11.7. The van der Waals surface area contributed by atoms with Crippen LogP contribution in [0, 0.1) is 0 Å². The lowest BCUT2D eigenvalue weighted by Crippen LogP contribution is -2.42. The van der Waals surface area contributed by atoms with Crippen LogP contribution in [0.3, 0.4) is 0 Å². The summed E-state index contributed by atoms with van der Waals surface area (Å²) in [4.78, 5) is 4.60. The number of unbranched alkanes of at least 4 members (excludes halogenated alkanes) is 2. The van der Waals surface area contributed by atoms with Gasteiger partial charge in [0.05, 0.1) is 0 Å². The summed E-state index contributed by atoms with van der Waals surface area (Å²) in [6.07, 6.45) is 10.1. The summed E-state index contributed by atoms with van der Waals surface area (Å²) in [5, 5.41) is 6.77. The first kappa shape index (κ1) is 15.0. The van der Waals surface area contributed by atoms with Crippen LogP contribution in [-0.2, 0) is 4.74 Å². The van der Waals surface area contributed by atoms with E-state index >= 15 is 0 Å². The quantitative estimate of drug-likeness (QED) is 0.301. The molecule has 0 fully saturated rings. The molecular weight excluding hydrogens is 226 g/mol. The largest absolute Gasteiger partial charge is 0.385 e. The molecule has 0 atom stereocenters. The van der Waals surface area contributed by atoms with Gasteiger partial charge in [0.15, 0.2) is 5.96 Å². The van der Waals surface area contributed by atoms with Crippen molar-refractivity contribution in [3.63, 3.8) is 0 Å². The number of hydrogen-bond acceptors (Lipinski definition) is 2. The van der Waals surface area contributed by atoms with Gasteiger partial charge in [-0.05, 0) is 39.0 Å². The number of nitrogens with one attached hydrogen (secondary N) is 2. The highest BCUT2D eigenvalue weighted by Gasteiger charge is 2.10. The Morgan fingerprint density at radius 3 is 2.72 bits per heavy atom. The van der Waals surface area contributed by atoms with Crippen LogP contribution < -0.4 is 10.6 Å². The van der Waals surface area contributed by atoms with Crippen LogP contribution in [0.1, 0.15) is 39.0 Å². The molecule has 0 saturated heterocycles. The molecule has 18 heavy (non-hydrogen) atoms. The Balaban J connectivity index is 2.18. The maximum absolute atomic E-state index is 5.03. The first-order chi connectivity index (χ1) is 8.86. The van der Waals surface area contributed by atoms with E-state index in [1.54, 1.807) is 7.11 Å². The summed E-state index contributed by atoms with van der Waals surface area (Å²) in [5.41, 5.74) is 0. The molecule has 0 heterocycles. The van der Waals surface area contributed by atoms with Gasteiger partial charge < -0.3 is 15.4 Å². The van der Waals surface area contributed by atoms with E-state index in [0.717, 1.165) is 51.3 Å². The SMILES string of the molecule is CCNC(=NCCCCCOC)NC1CC=CC1. The summed E-state index contributed by atoms with van der Waals surface area (Å²) in [7, 11) is 1.75. The van der Waals surface area contributed by atoms with E-state index in [4.69, 9.17) is 4.74 Å². The monoisotopic (exact) mass is 253 g/mol. The predicted octanol–water partition coefficient (Wildman–Crippen LogP) is 2.08. The molecule has 0 aromatic carbocycles. The van der Waals surface area contributed by atoms with E-state index < -0.39 is 0 Å². The number of methoxy groups -OCH3 is 1. The Bertz CT molecular complexity index is 256. The molecule has 0 radical (unpaired) electrons. The fourth-order valence-electron chi connectivity index (χ4n) is 1.97. The van der Waals surface area contributed by atoms with Crippen molar-refractivity contribution in [1.82, 2.24) is 10.6 Å². The van der Waals surface area contributed by atoms with E-state index in [1.165, 1.54) is 6.42 Å². The van der Waals surface area contributed by atoms with Crippen molar-refractivity contribution in [1.29, 1.82) is 0 Å². The number of nitrogens with zero attached hydrogens (tertiary/aromatic N) is 1. The van der Waals surface area contributed by atoms with Crippen molar-refractivity contribution in [2.75, 3.05) is 26.8 Å². The maximum Gasteiger partial charge on any atom is 0.191 e. The molecule has 2 N–H and O–H groups in total. The normalized spacial score (nSPS) is 16.2. The zero-order valence-electron chi connectivity index (χ0n) is 11.7. The molecule has 0 unspecified atom stereocenters. The molecule has 0 bridgehead atoms. The number of guanidine groups is 1. The molecule has 104 valence electrons. The highest BCUT2D eigenvalue weighted by molar-refractivity contribution is 5.80. The van der Waals surface area contributed by atoms with Gasteiger partial charge in [0, 0.05) is 32.8 Å². The minimum absolute atomic E-state index is 0.524. The van der Waals surface area contributed by atoms with Crippen LogP contribution in [0.15, 0.2) is 17.1 Å². The minimum Gasteiger partial charge on any atom is -0.385 e. The smallest absolute Gasteiger partial charge is 0.191 e. The lowest BCUT2D eigenvalue weighted by molar-refractivity contribution is 0.192. The van der Waals surface area contributed by atoms with Crippen LogP contribution in [0.4, 0.5) is 0 Å². The third-order valence-corrected chi connectivity index (χ3v) is 2.97. The molecule has 0 amide bonds. The Hall–Kier alpha value is -1.03. The molecule has 0 saturated carbocycles. The molecule has 1 rings (SSSR count). The average Bonchev–Trinajstić information content (AvgIpc) is 2.86. The van der Waals surface area contributed by atoms with Gasteiger partial charge in [0.2, 0.25) is 0 Å². The fourth-order valence-corrected chi connectivity index (χ4v) is 1.97. The lowest BCUT2D eigenvalue weighted by Gasteiger charge is -2.16. The molecule has 0 aliphatic heterocycles. The van der Waals surface area contributed by atoms with Gasteiger partial charge in [-0.15, -0.1) is 0 Å². The van der Waals surface area contributed by atoms with E-state index in [0.29, 0.717) is 6.04 Å². The lowest BCUT2D eigenvalue weighted by atomic mass is 10.2. The molecule has 0 aromatic heterocycles. The number of aliphatic imine (C=N–C) groups is 1. The van der Waals surface area contributed by atoms with Gasteiger partial charge in [0.25, 0.3) is 0 Å². The topological polar surface area (TPSA) is 45.7 Å².